The molecular formula is C12H11ClIN3. The molecule has 0 spiro atoms. The average molecular weight is 360 g/mol. The Bertz CT molecular complexity index is 557. The van der Waals surface area contributed by atoms with Gasteiger partial charge in [0.25, 0.3) is 0 Å². The van der Waals surface area contributed by atoms with Crippen LogP contribution in [0, 0.1) is 3.57 Å². The Balaban J connectivity index is 2.56. The second kappa shape index (κ2) is 5.18. The highest BCUT2D eigenvalue weighted by Gasteiger charge is 2.10. The fraction of sp³-hybridized carbons (Fsp3) is 0.167. The molecular weight excluding hydrogens is 349 g/mol. The molecule has 0 aliphatic rings. The standard InChI is InChI=1S/C12H11ClIN3/c1-2-9-10(14)11(15)17-12(16-9)7-4-3-5-8(13)6-7/h3-6H,2H2,1H3,(H2,15,16,17). The number of hydrogen-bond acceptors (Lipinski definition) is 3. The van der Waals surface area contributed by atoms with Crippen molar-refractivity contribution in [1.29, 1.82) is 0 Å². The zero-order chi connectivity index (χ0) is 12.4. The molecule has 0 unspecified atom stereocenters. The number of rotatable bonds is 2. The fourth-order valence-electron chi connectivity index (χ4n) is 1.50. The maximum absolute atomic E-state index is 5.95. The van der Waals surface area contributed by atoms with Crippen LogP contribution in [0.2, 0.25) is 5.02 Å². The zero-order valence-electron chi connectivity index (χ0n) is 9.24. The van der Waals surface area contributed by atoms with E-state index >= 15 is 0 Å². The summed E-state index contributed by atoms with van der Waals surface area (Å²) in [5.41, 5.74) is 7.73. The quantitative estimate of drug-likeness (QED) is 0.834. The molecule has 0 saturated carbocycles. The lowest BCUT2D eigenvalue weighted by Gasteiger charge is -2.07. The van der Waals surface area contributed by atoms with Gasteiger partial charge in [0.15, 0.2) is 5.82 Å². The SMILES string of the molecule is CCc1nc(-c2cccc(Cl)c2)nc(N)c1I. The topological polar surface area (TPSA) is 51.8 Å². The summed E-state index contributed by atoms with van der Waals surface area (Å²) in [6.45, 7) is 2.05. The normalized spacial score (nSPS) is 10.5. The van der Waals surface area contributed by atoms with Crippen molar-refractivity contribution in [1.82, 2.24) is 9.97 Å². The molecule has 0 bridgehead atoms. The van der Waals surface area contributed by atoms with E-state index in [1.54, 1.807) is 0 Å². The molecule has 17 heavy (non-hydrogen) atoms. The molecule has 0 saturated heterocycles. The third-order valence-corrected chi connectivity index (χ3v) is 3.77. The van der Waals surface area contributed by atoms with Gasteiger partial charge in [-0.25, -0.2) is 9.97 Å². The summed E-state index contributed by atoms with van der Waals surface area (Å²) in [5.74, 6) is 1.15. The van der Waals surface area contributed by atoms with Gasteiger partial charge in [0.2, 0.25) is 0 Å². The molecule has 1 aromatic heterocycles. The van der Waals surface area contributed by atoms with Crippen molar-refractivity contribution in [2.45, 2.75) is 13.3 Å². The second-order valence-corrected chi connectivity index (χ2v) is 5.07. The van der Waals surface area contributed by atoms with Gasteiger partial charge in [-0.3, -0.25) is 0 Å². The van der Waals surface area contributed by atoms with E-state index in [4.69, 9.17) is 17.3 Å². The van der Waals surface area contributed by atoms with Gasteiger partial charge in [-0.15, -0.1) is 0 Å². The Hall–Kier alpha value is -0.880. The molecule has 2 aromatic rings. The summed E-state index contributed by atoms with van der Waals surface area (Å²) in [5, 5.41) is 0.668. The van der Waals surface area contributed by atoms with Crippen molar-refractivity contribution in [3.63, 3.8) is 0 Å². The maximum atomic E-state index is 5.95. The average Bonchev–Trinajstić information content (AvgIpc) is 2.32. The van der Waals surface area contributed by atoms with Gasteiger partial charge >= 0.3 is 0 Å². The number of anilines is 1. The molecule has 0 radical (unpaired) electrons. The lowest BCUT2D eigenvalue weighted by molar-refractivity contribution is 0.994. The molecule has 0 atom stereocenters. The van der Waals surface area contributed by atoms with E-state index < -0.39 is 0 Å². The molecule has 3 nitrogen and oxygen atoms in total. The van der Waals surface area contributed by atoms with Gasteiger partial charge in [-0.2, -0.15) is 0 Å². The molecule has 0 aliphatic heterocycles. The van der Waals surface area contributed by atoms with Crippen molar-refractivity contribution < 1.29 is 0 Å². The third-order valence-electron chi connectivity index (χ3n) is 2.36. The zero-order valence-corrected chi connectivity index (χ0v) is 12.2. The van der Waals surface area contributed by atoms with Crippen LogP contribution in [0.1, 0.15) is 12.6 Å². The van der Waals surface area contributed by atoms with Crippen LogP contribution in [0.4, 0.5) is 5.82 Å². The number of halogens is 2. The van der Waals surface area contributed by atoms with E-state index in [1.807, 2.05) is 31.2 Å². The van der Waals surface area contributed by atoms with Crippen LogP contribution in [0.3, 0.4) is 0 Å². The molecule has 1 aromatic carbocycles. The summed E-state index contributed by atoms with van der Waals surface area (Å²) in [6, 6.07) is 7.46. The largest absolute Gasteiger partial charge is 0.383 e. The maximum Gasteiger partial charge on any atom is 0.161 e. The molecule has 88 valence electrons. The van der Waals surface area contributed by atoms with Crippen molar-refractivity contribution in [3.05, 3.63) is 38.6 Å². The summed E-state index contributed by atoms with van der Waals surface area (Å²) in [4.78, 5) is 8.80. The highest BCUT2D eigenvalue weighted by Crippen LogP contribution is 2.24. The molecule has 2 N–H and O–H groups in total. The molecule has 0 fully saturated rings. The van der Waals surface area contributed by atoms with E-state index in [1.165, 1.54) is 0 Å². The predicted octanol–water partition coefficient (Wildman–Crippen LogP) is 3.55. The van der Waals surface area contributed by atoms with Gasteiger partial charge in [0, 0.05) is 10.6 Å². The Labute approximate surface area is 119 Å². The highest BCUT2D eigenvalue weighted by molar-refractivity contribution is 14.1. The minimum Gasteiger partial charge on any atom is -0.383 e. The first-order valence-electron chi connectivity index (χ1n) is 5.19. The number of benzene rings is 1. The lowest BCUT2D eigenvalue weighted by atomic mass is 10.2. The van der Waals surface area contributed by atoms with Gasteiger partial charge in [-0.1, -0.05) is 30.7 Å². The van der Waals surface area contributed by atoms with Crippen LogP contribution < -0.4 is 5.73 Å². The summed E-state index contributed by atoms with van der Waals surface area (Å²) in [6.07, 6.45) is 0.832. The van der Waals surface area contributed by atoms with E-state index in [2.05, 4.69) is 32.6 Å². The predicted molar refractivity (Wildman–Crippen MR) is 79.0 cm³/mol. The number of nitrogens with two attached hydrogens (primary N) is 1. The summed E-state index contributed by atoms with van der Waals surface area (Å²) >= 11 is 8.12. The van der Waals surface area contributed by atoms with Crippen LogP contribution in [0.15, 0.2) is 24.3 Å². The summed E-state index contributed by atoms with van der Waals surface area (Å²) in [7, 11) is 0. The van der Waals surface area contributed by atoms with Crippen molar-refractivity contribution in [2.24, 2.45) is 0 Å². The van der Waals surface area contributed by atoms with Crippen LogP contribution in [-0.4, -0.2) is 9.97 Å². The van der Waals surface area contributed by atoms with Crippen LogP contribution >= 0.6 is 34.2 Å². The summed E-state index contributed by atoms with van der Waals surface area (Å²) < 4.78 is 0.927. The Morgan fingerprint density at radius 1 is 1.35 bits per heavy atom. The first kappa shape index (κ1) is 12.6. The van der Waals surface area contributed by atoms with Crippen molar-refractivity contribution in [2.75, 3.05) is 5.73 Å². The molecule has 1 heterocycles. The lowest BCUT2D eigenvalue weighted by Crippen LogP contribution is -2.04. The number of nitrogens with zero attached hydrogens (tertiary/aromatic N) is 2. The highest BCUT2D eigenvalue weighted by atomic mass is 127. The van der Waals surface area contributed by atoms with Crippen LogP contribution in [-0.2, 0) is 6.42 Å². The molecule has 0 amide bonds. The monoisotopic (exact) mass is 359 g/mol. The number of nitrogen functional groups attached to an aromatic ring is 1. The van der Waals surface area contributed by atoms with E-state index in [0.717, 1.165) is 21.2 Å². The number of aryl methyl sites for hydroxylation is 1. The first-order valence-corrected chi connectivity index (χ1v) is 6.65. The molecule has 0 aliphatic carbocycles. The fourth-order valence-corrected chi connectivity index (χ4v) is 2.32. The van der Waals surface area contributed by atoms with E-state index in [0.29, 0.717) is 16.7 Å². The van der Waals surface area contributed by atoms with Crippen molar-refractivity contribution in [3.8, 4) is 11.4 Å². The van der Waals surface area contributed by atoms with E-state index in [-0.39, 0.29) is 0 Å². The van der Waals surface area contributed by atoms with Crippen LogP contribution in [0.5, 0.6) is 0 Å². The Morgan fingerprint density at radius 2 is 2.12 bits per heavy atom. The minimum absolute atomic E-state index is 0.521. The van der Waals surface area contributed by atoms with Gasteiger partial charge < -0.3 is 5.73 Å². The Morgan fingerprint density at radius 3 is 2.76 bits per heavy atom. The Kier molecular flexibility index (Phi) is 3.83. The van der Waals surface area contributed by atoms with Crippen molar-refractivity contribution >= 4 is 40.0 Å². The van der Waals surface area contributed by atoms with Gasteiger partial charge in [-0.05, 0) is 41.1 Å². The van der Waals surface area contributed by atoms with Gasteiger partial charge in [0.05, 0.1) is 9.26 Å². The minimum atomic E-state index is 0.521. The van der Waals surface area contributed by atoms with Gasteiger partial charge in [0.1, 0.15) is 5.82 Å². The number of aromatic nitrogens is 2. The third kappa shape index (κ3) is 2.69. The molecule has 2 rings (SSSR count). The first-order chi connectivity index (χ1) is 8.11. The smallest absolute Gasteiger partial charge is 0.161 e. The number of hydrogen-bond donors (Lipinski definition) is 1. The van der Waals surface area contributed by atoms with Crippen LogP contribution in [0.25, 0.3) is 11.4 Å². The second-order valence-electron chi connectivity index (χ2n) is 3.56. The van der Waals surface area contributed by atoms with E-state index in [9.17, 15) is 0 Å². The molecule has 5 heteroatoms.